The lowest BCUT2D eigenvalue weighted by atomic mass is 10.2. The smallest absolute Gasteiger partial charge is 0.343 e. The zero-order chi connectivity index (χ0) is 20.1. The van der Waals surface area contributed by atoms with Gasteiger partial charge in [-0.3, -0.25) is 9.59 Å². The van der Waals surface area contributed by atoms with Crippen LogP contribution in [0.2, 0.25) is 0 Å². The number of pyridine rings is 1. The molecule has 2 heterocycles. The Bertz CT molecular complexity index is 1100. The molecular formula is C20H20N2O6. The molecule has 146 valence electrons. The summed E-state index contributed by atoms with van der Waals surface area (Å²) in [6.07, 6.45) is 4.41. The Morgan fingerprint density at radius 3 is 2.50 bits per heavy atom. The maximum atomic E-state index is 12.9. The minimum Gasteiger partial charge on any atom is -0.483 e. The zero-order valence-electron chi connectivity index (χ0n) is 15.6. The number of hydrogen-bond acceptors (Lipinski definition) is 6. The molecule has 2 aromatic heterocycles. The molecule has 8 nitrogen and oxygen atoms in total. The van der Waals surface area contributed by atoms with E-state index in [1.807, 2.05) is 30.3 Å². The highest BCUT2D eigenvalue weighted by Crippen LogP contribution is 2.15. The van der Waals surface area contributed by atoms with Crippen LogP contribution >= 0.6 is 0 Å². The number of aromatic nitrogens is 2. The fourth-order valence-corrected chi connectivity index (χ4v) is 2.78. The molecule has 28 heavy (non-hydrogen) atoms. The van der Waals surface area contributed by atoms with E-state index in [0.29, 0.717) is 13.2 Å². The number of carbonyl (C=O) groups excluding carboxylic acids is 1. The molecular weight excluding hydrogens is 364 g/mol. The molecule has 3 rings (SSSR count). The summed E-state index contributed by atoms with van der Waals surface area (Å²) in [5, 5.41) is 0. The fourth-order valence-electron chi connectivity index (χ4n) is 2.78. The van der Waals surface area contributed by atoms with Crippen molar-refractivity contribution in [3.05, 3.63) is 80.6 Å². The average molecular weight is 384 g/mol. The van der Waals surface area contributed by atoms with E-state index in [9.17, 15) is 14.4 Å². The van der Waals surface area contributed by atoms with Crippen molar-refractivity contribution < 1.29 is 19.0 Å². The Hall–Kier alpha value is -3.39. The second-order valence-electron chi connectivity index (χ2n) is 6.01. The minimum absolute atomic E-state index is 0.0483. The number of methoxy groups -OCH3 is 2. The number of esters is 1. The van der Waals surface area contributed by atoms with Gasteiger partial charge in [0, 0.05) is 32.2 Å². The van der Waals surface area contributed by atoms with E-state index in [2.05, 4.69) is 4.74 Å². The van der Waals surface area contributed by atoms with Gasteiger partial charge in [-0.2, -0.15) is 0 Å². The Kier molecular flexibility index (Phi) is 5.90. The molecule has 0 bridgehead atoms. The third kappa shape index (κ3) is 3.81. The predicted octanol–water partition coefficient (Wildman–Crippen LogP) is 1.47. The molecule has 0 fully saturated rings. The second kappa shape index (κ2) is 8.53. The van der Waals surface area contributed by atoms with Crippen molar-refractivity contribution in [3.63, 3.8) is 0 Å². The van der Waals surface area contributed by atoms with Gasteiger partial charge in [-0.05, 0) is 5.56 Å². The van der Waals surface area contributed by atoms with Crippen LogP contribution in [0.3, 0.4) is 0 Å². The van der Waals surface area contributed by atoms with Gasteiger partial charge in [-0.15, -0.1) is 0 Å². The molecule has 0 radical (unpaired) electrons. The molecule has 0 atom stereocenters. The first-order valence-corrected chi connectivity index (χ1v) is 8.59. The Morgan fingerprint density at radius 1 is 1.07 bits per heavy atom. The first-order valence-electron chi connectivity index (χ1n) is 8.59. The van der Waals surface area contributed by atoms with E-state index in [1.165, 1.54) is 29.4 Å². The fraction of sp³-hybridized carbons (Fsp3) is 0.250. The van der Waals surface area contributed by atoms with Gasteiger partial charge in [0.05, 0.1) is 13.7 Å². The van der Waals surface area contributed by atoms with Crippen molar-refractivity contribution in [3.8, 4) is 5.75 Å². The van der Waals surface area contributed by atoms with Crippen LogP contribution in [0, 0.1) is 0 Å². The van der Waals surface area contributed by atoms with Crippen molar-refractivity contribution in [2.24, 2.45) is 0 Å². The van der Waals surface area contributed by atoms with Gasteiger partial charge in [-0.25, -0.2) is 4.79 Å². The normalized spacial score (nSPS) is 10.8. The van der Waals surface area contributed by atoms with Crippen LogP contribution in [0.15, 0.2) is 58.5 Å². The topological polar surface area (TPSA) is 88.2 Å². The lowest BCUT2D eigenvalue weighted by Gasteiger charge is -2.13. The van der Waals surface area contributed by atoms with Crippen molar-refractivity contribution in [2.45, 2.75) is 13.2 Å². The van der Waals surface area contributed by atoms with Crippen molar-refractivity contribution in [1.82, 2.24) is 8.97 Å². The van der Waals surface area contributed by atoms with Gasteiger partial charge in [0.1, 0.15) is 12.2 Å². The summed E-state index contributed by atoms with van der Waals surface area (Å²) in [7, 11) is 2.72. The number of benzene rings is 1. The summed E-state index contributed by atoms with van der Waals surface area (Å²) < 4.78 is 18.3. The average Bonchev–Trinajstić information content (AvgIpc) is 2.72. The summed E-state index contributed by atoms with van der Waals surface area (Å²) in [4.78, 5) is 37.8. The third-order valence-corrected chi connectivity index (χ3v) is 4.23. The molecule has 0 saturated heterocycles. The highest BCUT2D eigenvalue weighted by Gasteiger charge is 2.21. The number of rotatable bonds is 7. The first kappa shape index (κ1) is 19.4. The summed E-state index contributed by atoms with van der Waals surface area (Å²) in [5.41, 5.74) is -0.455. The van der Waals surface area contributed by atoms with E-state index in [1.54, 1.807) is 12.4 Å². The lowest BCUT2D eigenvalue weighted by molar-refractivity contribution is 0.0598. The van der Waals surface area contributed by atoms with E-state index in [-0.39, 0.29) is 23.4 Å². The van der Waals surface area contributed by atoms with Crippen LogP contribution in [0.25, 0.3) is 5.52 Å². The summed E-state index contributed by atoms with van der Waals surface area (Å²) in [6.45, 7) is 0.723. The molecule has 3 aromatic rings. The SMILES string of the molecule is COCCn1ccn2cc(C(=O)OC)c(=O)c(OCc3ccccc3)c2c1=O. The summed E-state index contributed by atoms with van der Waals surface area (Å²) in [5.74, 6) is -0.990. The van der Waals surface area contributed by atoms with Crippen LogP contribution in [0.4, 0.5) is 0 Å². The Labute approximate surface area is 160 Å². The van der Waals surface area contributed by atoms with E-state index in [0.717, 1.165) is 5.56 Å². The standard InChI is InChI=1S/C20H20N2O6/c1-26-11-10-21-8-9-22-12-15(20(25)27-2)17(23)18(16(22)19(21)24)28-13-14-6-4-3-5-7-14/h3-9,12H,10-11,13H2,1-2H3. The molecule has 0 aliphatic carbocycles. The summed E-state index contributed by atoms with van der Waals surface area (Å²) in [6, 6.07) is 9.21. The molecule has 0 aliphatic rings. The van der Waals surface area contributed by atoms with E-state index in [4.69, 9.17) is 9.47 Å². The van der Waals surface area contributed by atoms with Gasteiger partial charge >= 0.3 is 5.97 Å². The second-order valence-corrected chi connectivity index (χ2v) is 6.01. The third-order valence-electron chi connectivity index (χ3n) is 4.23. The Balaban J connectivity index is 2.17. The quantitative estimate of drug-likeness (QED) is 0.573. The number of carbonyl (C=O) groups is 1. The van der Waals surface area contributed by atoms with Crippen LogP contribution in [-0.2, 0) is 22.6 Å². The molecule has 8 heteroatoms. The lowest BCUT2D eigenvalue weighted by Crippen LogP contribution is -2.28. The monoisotopic (exact) mass is 384 g/mol. The number of fused-ring (bicyclic) bond motifs is 1. The predicted molar refractivity (Wildman–Crippen MR) is 102 cm³/mol. The maximum absolute atomic E-state index is 12.9. The molecule has 0 saturated carbocycles. The largest absolute Gasteiger partial charge is 0.483 e. The Morgan fingerprint density at radius 2 is 1.82 bits per heavy atom. The molecule has 0 spiro atoms. The van der Waals surface area contributed by atoms with Gasteiger partial charge < -0.3 is 23.2 Å². The van der Waals surface area contributed by atoms with Gasteiger partial charge in [-0.1, -0.05) is 30.3 Å². The van der Waals surface area contributed by atoms with Crippen LogP contribution < -0.4 is 15.7 Å². The van der Waals surface area contributed by atoms with Crippen molar-refractivity contribution in [2.75, 3.05) is 20.8 Å². The van der Waals surface area contributed by atoms with Crippen molar-refractivity contribution >= 4 is 11.5 Å². The highest BCUT2D eigenvalue weighted by atomic mass is 16.5. The van der Waals surface area contributed by atoms with E-state index < -0.39 is 17.0 Å². The number of ether oxygens (including phenoxy) is 3. The molecule has 1 aromatic carbocycles. The zero-order valence-corrected chi connectivity index (χ0v) is 15.6. The van der Waals surface area contributed by atoms with Crippen LogP contribution in [-0.4, -0.2) is 35.8 Å². The van der Waals surface area contributed by atoms with Gasteiger partial charge in [0.15, 0.2) is 11.3 Å². The molecule has 0 aliphatic heterocycles. The van der Waals surface area contributed by atoms with Gasteiger partial charge in [0.25, 0.3) is 5.56 Å². The van der Waals surface area contributed by atoms with Crippen LogP contribution in [0.5, 0.6) is 5.75 Å². The molecule has 0 N–H and O–H groups in total. The molecule has 0 unspecified atom stereocenters. The van der Waals surface area contributed by atoms with E-state index >= 15 is 0 Å². The number of nitrogens with zero attached hydrogens (tertiary/aromatic N) is 2. The summed E-state index contributed by atoms with van der Waals surface area (Å²) >= 11 is 0. The van der Waals surface area contributed by atoms with Gasteiger partial charge in [0.2, 0.25) is 5.43 Å². The van der Waals surface area contributed by atoms with Crippen molar-refractivity contribution in [1.29, 1.82) is 0 Å². The maximum Gasteiger partial charge on any atom is 0.343 e. The minimum atomic E-state index is -0.799. The molecule has 0 amide bonds. The highest BCUT2D eigenvalue weighted by molar-refractivity contribution is 5.90. The first-order chi connectivity index (χ1) is 13.6. The number of hydrogen-bond donors (Lipinski definition) is 0. The van der Waals surface area contributed by atoms with Crippen LogP contribution in [0.1, 0.15) is 15.9 Å².